The van der Waals surface area contributed by atoms with Crippen molar-refractivity contribution < 1.29 is 4.74 Å². The summed E-state index contributed by atoms with van der Waals surface area (Å²) in [6.07, 6.45) is 5.11. The molecular weight excluding hydrogens is 330 g/mol. The molecule has 0 radical (unpaired) electrons. The fourth-order valence-corrected chi connectivity index (χ4v) is 3.24. The molecule has 1 aliphatic heterocycles. The van der Waals surface area contributed by atoms with Gasteiger partial charge in [0, 0.05) is 24.8 Å². The summed E-state index contributed by atoms with van der Waals surface area (Å²) in [5, 5.41) is 20.4. The number of hydrogen-bond donors (Lipinski definition) is 2. The van der Waals surface area contributed by atoms with E-state index in [0.29, 0.717) is 25.1 Å². The van der Waals surface area contributed by atoms with Gasteiger partial charge in [0.15, 0.2) is 5.82 Å². The van der Waals surface area contributed by atoms with E-state index in [9.17, 15) is 0 Å². The van der Waals surface area contributed by atoms with Crippen molar-refractivity contribution >= 4 is 17.2 Å². The number of ether oxygens (including phenoxy) is 1. The van der Waals surface area contributed by atoms with Crippen LogP contribution in [0.5, 0.6) is 0 Å². The first-order chi connectivity index (χ1) is 12.9. The Balaban J connectivity index is 1.47. The number of rotatable bonds is 6. The van der Waals surface area contributed by atoms with Crippen molar-refractivity contribution in [2.45, 2.75) is 37.8 Å². The number of anilines is 2. The molecule has 3 aromatic heterocycles. The Morgan fingerprint density at radius 1 is 1.19 bits per heavy atom. The van der Waals surface area contributed by atoms with Crippen LogP contribution in [0.4, 0.5) is 11.5 Å². The van der Waals surface area contributed by atoms with Crippen LogP contribution >= 0.6 is 0 Å². The summed E-state index contributed by atoms with van der Waals surface area (Å²) < 4.78 is 7.35. The number of nitrogens with one attached hydrogen (secondary N) is 2. The minimum absolute atomic E-state index is 0.296. The van der Waals surface area contributed by atoms with Crippen molar-refractivity contribution in [3.63, 3.8) is 0 Å². The van der Waals surface area contributed by atoms with E-state index in [1.165, 1.54) is 0 Å². The number of nitrogens with zero attached hydrogens (tertiary/aromatic N) is 5. The van der Waals surface area contributed by atoms with E-state index < -0.39 is 0 Å². The zero-order chi connectivity index (χ0) is 17.3. The minimum atomic E-state index is 0.296. The van der Waals surface area contributed by atoms with Gasteiger partial charge in [-0.3, -0.25) is 4.98 Å². The summed E-state index contributed by atoms with van der Waals surface area (Å²) in [6.45, 7) is 2.14. The molecule has 8 nitrogen and oxygen atoms in total. The fourth-order valence-electron chi connectivity index (χ4n) is 3.24. The Morgan fingerprint density at radius 3 is 2.92 bits per heavy atom. The van der Waals surface area contributed by atoms with Crippen LogP contribution in [0.1, 0.15) is 36.7 Å². The van der Waals surface area contributed by atoms with Crippen LogP contribution in [-0.4, -0.2) is 44.1 Å². The van der Waals surface area contributed by atoms with Gasteiger partial charge in [-0.1, -0.05) is 6.07 Å². The normalized spacial score (nSPS) is 19.8. The van der Waals surface area contributed by atoms with Gasteiger partial charge in [0.25, 0.3) is 0 Å². The van der Waals surface area contributed by atoms with Gasteiger partial charge in [-0.05, 0) is 31.4 Å². The molecule has 26 heavy (non-hydrogen) atoms. The highest BCUT2D eigenvalue weighted by Crippen LogP contribution is 2.39. The molecule has 0 aromatic carbocycles. The van der Waals surface area contributed by atoms with E-state index in [2.05, 4.69) is 25.8 Å². The quantitative estimate of drug-likeness (QED) is 0.704. The molecule has 8 heteroatoms. The first kappa shape index (κ1) is 15.5. The molecule has 0 bridgehead atoms. The van der Waals surface area contributed by atoms with Crippen LogP contribution in [0, 0.1) is 0 Å². The molecule has 5 rings (SSSR count). The van der Waals surface area contributed by atoms with Gasteiger partial charge in [-0.2, -0.15) is 4.52 Å². The summed E-state index contributed by atoms with van der Waals surface area (Å²) in [6, 6.07) is 8.20. The lowest BCUT2D eigenvalue weighted by molar-refractivity contribution is 0.195. The lowest BCUT2D eigenvalue weighted by atomic mass is 10.2. The van der Waals surface area contributed by atoms with Crippen molar-refractivity contribution in [3.8, 4) is 0 Å². The van der Waals surface area contributed by atoms with Crippen LogP contribution in [-0.2, 0) is 11.3 Å². The van der Waals surface area contributed by atoms with Gasteiger partial charge < -0.3 is 15.4 Å². The number of hydrogen-bond acceptors (Lipinski definition) is 7. The zero-order valence-corrected chi connectivity index (χ0v) is 14.4. The molecule has 4 heterocycles. The third-order valence-corrected chi connectivity index (χ3v) is 4.80. The Labute approximate surface area is 151 Å². The van der Waals surface area contributed by atoms with Crippen LogP contribution in [0.2, 0.25) is 0 Å². The minimum Gasteiger partial charge on any atom is -0.379 e. The summed E-state index contributed by atoms with van der Waals surface area (Å²) in [7, 11) is 0. The fraction of sp³-hybridized carbons (Fsp3) is 0.444. The van der Waals surface area contributed by atoms with E-state index in [0.717, 1.165) is 54.5 Å². The largest absolute Gasteiger partial charge is 0.379 e. The first-order valence-electron chi connectivity index (χ1n) is 9.11. The molecule has 134 valence electrons. The molecule has 3 aromatic rings. The Kier molecular flexibility index (Phi) is 3.89. The van der Waals surface area contributed by atoms with Crippen molar-refractivity contribution in [2.75, 3.05) is 23.8 Å². The SMILES string of the molecule is c1ccc(CNc2cc(N[C@@H]3CCOC3)nn3c(C4CC4)nnc23)nc1. The second-order valence-corrected chi connectivity index (χ2v) is 6.89. The van der Waals surface area contributed by atoms with Crippen LogP contribution in [0.3, 0.4) is 0 Å². The highest BCUT2D eigenvalue weighted by Gasteiger charge is 2.30. The van der Waals surface area contributed by atoms with Crippen LogP contribution < -0.4 is 10.6 Å². The highest BCUT2D eigenvalue weighted by atomic mass is 16.5. The Morgan fingerprint density at radius 2 is 2.15 bits per heavy atom. The Bertz CT molecular complexity index is 901. The van der Waals surface area contributed by atoms with Gasteiger partial charge in [-0.15, -0.1) is 15.3 Å². The first-order valence-corrected chi connectivity index (χ1v) is 9.11. The second kappa shape index (κ2) is 6.53. The monoisotopic (exact) mass is 351 g/mol. The molecule has 2 aliphatic rings. The summed E-state index contributed by atoms with van der Waals surface area (Å²) in [5.74, 6) is 2.25. The molecule has 0 spiro atoms. The van der Waals surface area contributed by atoms with E-state index in [-0.39, 0.29) is 0 Å². The maximum atomic E-state index is 5.46. The number of aromatic nitrogens is 5. The van der Waals surface area contributed by atoms with Crippen LogP contribution in [0.15, 0.2) is 30.5 Å². The summed E-state index contributed by atoms with van der Waals surface area (Å²) >= 11 is 0. The van der Waals surface area contributed by atoms with Gasteiger partial charge in [0.1, 0.15) is 5.82 Å². The van der Waals surface area contributed by atoms with Crippen molar-refractivity contribution in [3.05, 3.63) is 42.0 Å². The molecule has 1 aliphatic carbocycles. The van der Waals surface area contributed by atoms with Crippen molar-refractivity contribution in [1.29, 1.82) is 0 Å². The molecule has 2 fully saturated rings. The lowest BCUT2D eigenvalue weighted by Gasteiger charge is -2.14. The van der Waals surface area contributed by atoms with Gasteiger partial charge in [0.05, 0.1) is 30.6 Å². The predicted octanol–water partition coefficient (Wildman–Crippen LogP) is 2.21. The van der Waals surface area contributed by atoms with E-state index in [4.69, 9.17) is 9.84 Å². The molecule has 0 unspecified atom stereocenters. The Hall–Kier alpha value is -2.74. The smallest absolute Gasteiger partial charge is 0.201 e. The third kappa shape index (κ3) is 3.08. The standard InChI is InChI=1S/C18H21N7O/c1-2-7-19-13(3-1)10-20-15-9-16(21-14-6-8-26-11-14)24-25-17(12-4-5-12)22-23-18(15)25/h1-3,7,9,12,14,20H,4-6,8,10-11H2,(H,21,24)/t14-/m1/s1. The summed E-state index contributed by atoms with van der Waals surface area (Å²) in [4.78, 5) is 4.37. The molecule has 1 saturated heterocycles. The van der Waals surface area contributed by atoms with Crippen molar-refractivity contribution in [2.24, 2.45) is 0 Å². The van der Waals surface area contributed by atoms with Gasteiger partial charge in [0.2, 0.25) is 5.65 Å². The molecule has 1 saturated carbocycles. The zero-order valence-electron chi connectivity index (χ0n) is 14.4. The molecule has 1 atom stereocenters. The lowest BCUT2D eigenvalue weighted by Crippen LogP contribution is -2.20. The topological polar surface area (TPSA) is 89.3 Å². The van der Waals surface area contributed by atoms with Gasteiger partial charge >= 0.3 is 0 Å². The van der Waals surface area contributed by atoms with Crippen LogP contribution in [0.25, 0.3) is 5.65 Å². The highest BCUT2D eigenvalue weighted by molar-refractivity contribution is 5.70. The number of pyridine rings is 1. The summed E-state index contributed by atoms with van der Waals surface area (Å²) in [5.41, 5.74) is 2.64. The average Bonchev–Trinajstić information content (AvgIpc) is 3.21. The average molecular weight is 351 g/mol. The molecule has 2 N–H and O–H groups in total. The van der Waals surface area contributed by atoms with E-state index in [1.54, 1.807) is 6.20 Å². The predicted molar refractivity (Wildman–Crippen MR) is 97.2 cm³/mol. The van der Waals surface area contributed by atoms with E-state index >= 15 is 0 Å². The second-order valence-electron chi connectivity index (χ2n) is 6.89. The molecular formula is C18H21N7O. The molecule has 0 amide bonds. The maximum absolute atomic E-state index is 5.46. The third-order valence-electron chi connectivity index (χ3n) is 4.80. The maximum Gasteiger partial charge on any atom is 0.201 e. The van der Waals surface area contributed by atoms with Gasteiger partial charge in [-0.25, -0.2) is 0 Å². The number of fused-ring (bicyclic) bond motifs is 1. The van der Waals surface area contributed by atoms with Crippen molar-refractivity contribution in [1.82, 2.24) is 24.8 Å². The van der Waals surface area contributed by atoms with E-state index in [1.807, 2.05) is 28.8 Å².